The van der Waals surface area contributed by atoms with Gasteiger partial charge in [0.15, 0.2) is 5.78 Å². The van der Waals surface area contributed by atoms with Crippen molar-refractivity contribution in [2.24, 2.45) is 5.41 Å². The highest BCUT2D eigenvalue weighted by Crippen LogP contribution is 2.18. The van der Waals surface area contributed by atoms with Crippen molar-refractivity contribution < 1.29 is 14.3 Å². The molecule has 0 bridgehead atoms. The summed E-state index contributed by atoms with van der Waals surface area (Å²) < 4.78 is 5.11. The van der Waals surface area contributed by atoms with E-state index in [-0.39, 0.29) is 30.0 Å². The maximum absolute atomic E-state index is 11.8. The van der Waals surface area contributed by atoms with Crippen molar-refractivity contribution in [2.45, 2.75) is 40.0 Å². The summed E-state index contributed by atoms with van der Waals surface area (Å²) in [7, 11) is 0. The summed E-state index contributed by atoms with van der Waals surface area (Å²) >= 11 is 0. The van der Waals surface area contributed by atoms with Crippen LogP contribution in [0.25, 0.3) is 0 Å². The van der Waals surface area contributed by atoms with Crippen LogP contribution in [0.5, 0.6) is 0 Å². The van der Waals surface area contributed by atoms with Gasteiger partial charge in [-0.15, -0.1) is 0 Å². The first-order valence-corrected chi connectivity index (χ1v) is 6.62. The lowest BCUT2D eigenvalue weighted by molar-refractivity contribution is -0.144. The van der Waals surface area contributed by atoms with Crippen LogP contribution in [0.4, 0.5) is 0 Å². The number of hydrogen-bond donors (Lipinski definition) is 0. The molecule has 0 saturated heterocycles. The van der Waals surface area contributed by atoms with Gasteiger partial charge in [0.2, 0.25) is 0 Å². The zero-order valence-electron chi connectivity index (χ0n) is 11.9. The number of ether oxygens (including phenoxy) is 1. The Morgan fingerprint density at radius 1 is 1.05 bits per heavy atom. The van der Waals surface area contributed by atoms with Crippen LogP contribution < -0.4 is 0 Å². The molecular weight excluding hydrogens is 240 g/mol. The standard InChI is InChI=1S/C16H22O3/c1-16(2,3)11-12-19-15(18)10-9-14(17)13-7-5-4-6-8-13/h4-8H,9-12H2,1-3H3. The summed E-state index contributed by atoms with van der Waals surface area (Å²) in [4.78, 5) is 23.3. The molecule has 1 aromatic carbocycles. The Kier molecular flexibility index (Phi) is 5.74. The zero-order chi connectivity index (χ0) is 14.3. The summed E-state index contributed by atoms with van der Waals surface area (Å²) in [6.45, 7) is 6.71. The molecule has 0 fully saturated rings. The summed E-state index contributed by atoms with van der Waals surface area (Å²) in [6.07, 6.45) is 1.18. The monoisotopic (exact) mass is 262 g/mol. The lowest BCUT2D eigenvalue weighted by Gasteiger charge is -2.17. The molecular formula is C16H22O3. The molecule has 19 heavy (non-hydrogen) atoms. The molecule has 3 nitrogen and oxygen atoms in total. The highest BCUT2D eigenvalue weighted by molar-refractivity contribution is 5.97. The SMILES string of the molecule is CC(C)(C)CCOC(=O)CCC(=O)c1ccccc1. The molecule has 0 atom stereocenters. The molecule has 1 rings (SSSR count). The Morgan fingerprint density at radius 3 is 2.26 bits per heavy atom. The molecule has 0 spiro atoms. The minimum atomic E-state index is -0.298. The van der Waals surface area contributed by atoms with Crippen molar-refractivity contribution in [3.05, 3.63) is 35.9 Å². The van der Waals surface area contributed by atoms with Gasteiger partial charge < -0.3 is 4.74 Å². The van der Waals surface area contributed by atoms with Crippen molar-refractivity contribution >= 4 is 11.8 Å². The number of esters is 1. The van der Waals surface area contributed by atoms with Crippen LogP contribution in [0.1, 0.15) is 50.4 Å². The van der Waals surface area contributed by atoms with E-state index < -0.39 is 0 Å². The lowest BCUT2D eigenvalue weighted by atomic mass is 9.93. The third kappa shape index (κ3) is 6.75. The van der Waals surface area contributed by atoms with Gasteiger partial charge in [0.1, 0.15) is 0 Å². The Bertz CT molecular complexity index is 415. The summed E-state index contributed by atoms with van der Waals surface area (Å²) in [5, 5.41) is 0. The van der Waals surface area contributed by atoms with Gasteiger partial charge in [0.25, 0.3) is 0 Å². The first-order chi connectivity index (χ1) is 8.88. The van der Waals surface area contributed by atoms with Gasteiger partial charge in [-0.05, 0) is 11.8 Å². The molecule has 0 heterocycles. The highest BCUT2D eigenvalue weighted by atomic mass is 16.5. The molecule has 0 amide bonds. The van der Waals surface area contributed by atoms with Crippen LogP contribution in [-0.2, 0) is 9.53 Å². The molecule has 0 radical (unpaired) electrons. The minimum Gasteiger partial charge on any atom is -0.466 e. The second kappa shape index (κ2) is 7.07. The van der Waals surface area contributed by atoms with Gasteiger partial charge in [-0.3, -0.25) is 9.59 Å². The van der Waals surface area contributed by atoms with E-state index in [0.29, 0.717) is 12.2 Å². The highest BCUT2D eigenvalue weighted by Gasteiger charge is 2.13. The van der Waals surface area contributed by atoms with Gasteiger partial charge >= 0.3 is 5.97 Å². The van der Waals surface area contributed by atoms with Gasteiger partial charge in [-0.1, -0.05) is 51.1 Å². The third-order valence-electron chi connectivity index (χ3n) is 2.77. The predicted molar refractivity (Wildman–Crippen MR) is 75.0 cm³/mol. The normalized spacial score (nSPS) is 11.1. The quantitative estimate of drug-likeness (QED) is 0.581. The number of Topliss-reactive ketones (excluding diaryl/α,β-unsaturated/α-hetero) is 1. The predicted octanol–water partition coefficient (Wildman–Crippen LogP) is 3.63. The van der Waals surface area contributed by atoms with Crippen LogP contribution in [0.3, 0.4) is 0 Å². The fraction of sp³-hybridized carbons (Fsp3) is 0.500. The largest absolute Gasteiger partial charge is 0.466 e. The molecule has 0 aromatic heterocycles. The van der Waals surface area contributed by atoms with Crippen LogP contribution in [0.2, 0.25) is 0 Å². The molecule has 1 aromatic rings. The molecule has 3 heteroatoms. The van der Waals surface area contributed by atoms with E-state index in [4.69, 9.17) is 4.74 Å². The van der Waals surface area contributed by atoms with E-state index in [9.17, 15) is 9.59 Å². The Labute approximate surface area is 115 Å². The van der Waals surface area contributed by atoms with Crippen molar-refractivity contribution in [2.75, 3.05) is 6.61 Å². The second-order valence-electron chi connectivity index (χ2n) is 5.82. The Hall–Kier alpha value is -1.64. The topological polar surface area (TPSA) is 43.4 Å². The first kappa shape index (κ1) is 15.4. The number of ketones is 1. The summed E-state index contributed by atoms with van der Waals surface area (Å²) in [5.74, 6) is -0.318. The zero-order valence-corrected chi connectivity index (χ0v) is 11.9. The van der Waals surface area contributed by atoms with Crippen molar-refractivity contribution in [3.8, 4) is 0 Å². The molecule has 0 aliphatic heterocycles. The third-order valence-corrected chi connectivity index (χ3v) is 2.77. The minimum absolute atomic E-state index is 0.0200. The van der Waals surface area contributed by atoms with Crippen molar-refractivity contribution in [1.82, 2.24) is 0 Å². The number of carbonyl (C=O) groups is 2. The number of hydrogen-bond acceptors (Lipinski definition) is 3. The van der Waals surface area contributed by atoms with Crippen LogP contribution >= 0.6 is 0 Å². The van der Waals surface area contributed by atoms with E-state index in [1.807, 2.05) is 18.2 Å². The maximum Gasteiger partial charge on any atom is 0.306 e. The van der Waals surface area contributed by atoms with Gasteiger partial charge in [0, 0.05) is 12.0 Å². The van der Waals surface area contributed by atoms with E-state index in [2.05, 4.69) is 20.8 Å². The first-order valence-electron chi connectivity index (χ1n) is 6.62. The van der Waals surface area contributed by atoms with E-state index >= 15 is 0 Å². The summed E-state index contributed by atoms with van der Waals surface area (Å²) in [6, 6.07) is 9.00. The van der Waals surface area contributed by atoms with Crippen molar-refractivity contribution in [3.63, 3.8) is 0 Å². The van der Waals surface area contributed by atoms with Gasteiger partial charge in [-0.25, -0.2) is 0 Å². The summed E-state index contributed by atoms with van der Waals surface area (Å²) in [5.41, 5.74) is 0.796. The van der Waals surface area contributed by atoms with Crippen molar-refractivity contribution in [1.29, 1.82) is 0 Å². The Morgan fingerprint density at radius 2 is 1.68 bits per heavy atom. The molecule has 104 valence electrons. The molecule has 0 aliphatic carbocycles. The van der Waals surface area contributed by atoms with Crippen LogP contribution in [0.15, 0.2) is 30.3 Å². The molecule has 0 N–H and O–H groups in total. The van der Waals surface area contributed by atoms with E-state index in [1.54, 1.807) is 12.1 Å². The average Bonchev–Trinajstić information content (AvgIpc) is 2.35. The smallest absolute Gasteiger partial charge is 0.306 e. The molecule has 0 saturated carbocycles. The lowest BCUT2D eigenvalue weighted by Crippen LogP contribution is -2.14. The second-order valence-corrected chi connectivity index (χ2v) is 5.82. The van der Waals surface area contributed by atoms with Gasteiger partial charge in [-0.2, -0.15) is 0 Å². The number of benzene rings is 1. The fourth-order valence-electron chi connectivity index (χ4n) is 1.53. The van der Waals surface area contributed by atoms with Crippen LogP contribution in [0, 0.1) is 5.41 Å². The molecule has 0 aliphatic rings. The van der Waals surface area contributed by atoms with E-state index in [0.717, 1.165) is 6.42 Å². The van der Waals surface area contributed by atoms with Gasteiger partial charge in [0.05, 0.1) is 13.0 Å². The maximum atomic E-state index is 11.8. The number of carbonyl (C=O) groups excluding carboxylic acids is 2. The van der Waals surface area contributed by atoms with E-state index in [1.165, 1.54) is 0 Å². The average molecular weight is 262 g/mol. The Balaban J connectivity index is 2.25. The number of rotatable bonds is 6. The van der Waals surface area contributed by atoms with Crippen LogP contribution in [-0.4, -0.2) is 18.4 Å². The fourth-order valence-corrected chi connectivity index (χ4v) is 1.53. The molecule has 0 unspecified atom stereocenters.